The summed E-state index contributed by atoms with van der Waals surface area (Å²) in [5.74, 6) is 0.750. The number of nitrogens with one attached hydrogen (secondary N) is 2. The molecule has 8 nitrogen and oxygen atoms in total. The SMILES string of the molecule is Cc1noc(C)c1C(C)Nc1c(N)n(C)c(=O)[nH]c1=O. The van der Waals surface area contributed by atoms with Gasteiger partial charge in [-0.05, 0) is 20.8 Å². The lowest BCUT2D eigenvalue weighted by atomic mass is 10.1. The van der Waals surface area contributed by atoms with Crippen molar-refractivity contribution in [1.82, 2.24) is 14.7 Å². The summed E-state index contributed by atoms with van der Waals surface area (Å²) in [6.07, 6.45) is 0. The molecule has 1 unspecified atom stereocenters. The molecule has 2 heterocycles. The first kappa shape index (κ1) is 13.9. The van der Waals surface area contributed by atoms with E-state index in [1.807, 2.05) is 13.8 Å². The minimum atomic E-state index is -0.553. The number of aromatic nitrogens is 3. The minimum Gasteiger partial charge on any atom is -0.383 e. The van der Waals surface area contributed by atoms with E-state index in [9.17, 15) is 9.59 Å². The van der Waals surface area contributed by atoms with Gasteiger partial charge in [0.1, 0.15) is 17.3 Å². The van der Waals surface area contributed by atoms with Crippen molar-refractivity contribution in [2.45, 2.75) is 26.8 Å². The van der Waals surface area contributed by atoms with E-state index in [1.54, 1.807) is 6.92 Å². The van der Waals surface area contributed by atoms with Crippen LogP contribution >= 0.6 is 0 Å². The summed E-state index contributed by atoms with van der Waals surface area (Å²) in [6, 6.07) is -0.234. The Bertz CT molecular complexity index is 736. The van der Waals surface area contributed by atoms with Crippen LogP contribution in [0.15, 0.2) is 14.1 Å². The molecule has 0 saturated heterocycles. The molecular formula is C12H17N5O3. The second kappa shape index (κ2) is 4.87. The molecule has 0 spiro atoms. The van der Waals surface area contributed by atoms with Crippen molar-refractivity contribution in [2.24, 2.45) is 7.05 Å². The van der Waals surface area contributed by atoms with Crippen LogP contribution in [0.2, 0.25) is 0 Å². The summed E-state index contributed by atoms with van der Waals surface area (Å²) in [5, 5.41) is 6.87. The van der Waals surface area contributed by atoms with E-state index in [4.69, 9.17) is 10.3 Å². The smallest absolute Gasteiger partial charge is 0.329 e. The molecule has 1 atom stereocenters. The molecule has 0 fully saturated rings. The summed E-state index contributed by atoms with van der Waals surface area (Å²) in [4.78, 5) is 25.4. The monoisotopic (exact) mass is 279 g/mol. The maximum absolute atomic E-state index is 11.8. The zero-order chi connectivity index (χ0) is 15.0. The van der Waals surface area contributed by atoms with Gasteiger partial charge in [-0.3, -0.25) is 14.3 Å². The topological polar surface area (TPSA) is 119 Å². The number of hydrogen-bond donors (Lipinski definition) is 3. The maximum atomic E-state index is 11.8. The summed E-state index contributed by atoms with van der Waals surface area (Å²) in [6.45, 7) is 5.47. The Morgan fingerprint density at radius 3 is 2.60 bits per heavy atom. The van der Waals surface area contributed by atoms with E-state index in [0.717, 1.165) is 11.3 Å². The summed E-state index contributed by atoms with van der Waals surface area (Å²) in [7, 11) is 1.49. The third kappa shape index (κ3) is 2.20. The highest BCUT2D eigenvalue weighted by atomic mass is 16.5. The number of hydrogen-bond acceptors (Lipinski definition) is 6. The first-order chi connectivity index (χ1) is 9.32. The van der Waals surface area contributed by atoms with Gasteiger partial charge in [-0.25, -0.2) is 4.79 Å². The van der Waals surface area contributed by atoms with Crippen molar-refractivity contribution < 1.29 is 4.52 Å². The molecular weight excluding hydrogens is 262 g/mol. The van der Waals surface area contributed by atoms with Gasteiger partial charge in [0.05, 0.1) is 11.7 Å². The van der Waals surface area contributed by atoms with Gasteiger partial charge in [0, 0.05) is 12.6 Å². The molecule has 0 aromatic carbocycles. The number of nitrogens with zero attached hydrogens (tertiary/aromatic N) is 2. The van der Waals surface area contributed by atoms with Gasteiger partial charge >= 0.3 is 5.69 Å². The Hall–Kier alpha value is -2.51. The van der Waals surface area contributed by atoms with Crippen molar-refractivity contribution in [3.05, 3.63) is 37.9 Å². The molecule has 0 radical (unpaired) electrons. The first-order valence-corrected chi connectivity index (χ1v) is 6.11. The molecule has 20 heavy (non-hydrogen) atoms. The summed E-state index contributed by atoms with van der Waals surface area (Å²) >= 11 is 0. The lowest BCUT2D eigenvalue weighted by molar-refractivity contribution is 0.392. The number of nitrogen functional groups attached to an aromatic ring is 1. The van der Waals surface area contributed by atoms with Gasteiger partial charge in [-0.1, -0.05) is 5.16 Å². The average Bonchev–Trinajstić information content (AvgIpc) is 2.71. The lowest BCUT2D eigenvalue weighted by Crippen LogP contribution is -2.33. The number of anilines is 2. The Labute approximate surface area is 114 Å². The van der Waals surface area contributed by atoms with Crippen molar-refractivity contribution in [3.63, 3.8) is 0 Å². The van der Waals surface area contributed by atoms with Gasteiger partial charge < -0.3 is 15.6 Å². The molecule has 108 valence electrons. The second-order valence-electron chi connectivity index (χ2n) is 4.68. The molecule has 2 rings (SSSR count). The van der Waals surface area contributed by atoms with E-state index in [2.05, 4.69) is 15.5 Å². The van der Waals surface area contributed by atoms with Crippen LogP contribution in [0.5, 0.6) is 0 Å². The van der Waals surface area contributed by atoms with Crippen LogP contribution in [-0.4, -0.2) is 14.7 Å². The number of H-pyrrole nitrogens is 1. The second-order valence-corrected chi connectivity index (χ2v) is 4.68. The molecule has 0 amide bonds. The maximum Gasteiger partial charge on any atom is 0.329 e. The molecule has 0 aliphatic heterocycles. The minimum absolute atomic E-state index is 0.0809. The van der Waals surface area contributed by atoms with Gasteiger partial charge in [0.15, 0.2) is 0 Å². The Morgan fingerprint density at radius 2 is 2.05 bits per heavy atom. The van der Waals surface area contributed by atoms with Gasteiger partial charge in [-0.2, -0.15) is 0 Å². The van der Waals surface area contributed by atoms with Crippen molar-refractivity contribution >= 4 is 11.5 Å². The van der Waals surface area contributed by atoms with Crippen LogP contribution in [0.3, 0.4) is 0 Å². The fourth-order valence-electron chi connectivity index (χ4n) is 2.17. The summed E-state index contributed by atoms with van der Waals surface area (Å²) in [5.41, 5.74) is 6.45. The van der Waals surface area contributed by atoms with Gasteiger partial charge in [0.25, 0.3) is 5.56 Å². The predicted octanol–water partition coefficient (Wildman–Crippen LogP) is 0.434. The quantitative estimate of drug-likeness (QED) is 0.749. The average molecular weight is 279 g/mol. The zero-order valence-corrected chi connectivity index (χ0v) is 11.8. The highest BCUT2D eigenvalue weighted by molar-refractivity contribution is 5.61. The Morgan fingerprint density at radius 1 is 1.40 bits per heavy atom. The Balaban J connectivity index is 2.43. The van der Waals surface area contributed by atoms with Gasteiger partial charge in [0.2, 0.25) is 0 Å². The number of aryl methyl sites for hydroxylation is 2. The Kier molecular flexibility index (Phi) is 3.39. The van der Waals surface area contributed by atoms with E-state index in [-0.39, 0.29) is 17.5 Å². The van der Waals surface area contributed by atoms with E-state index in [1.165, 1.54) is 11.6 Å². The van der Waals surface area contributed by atoms with Crippen molar-refractivity contribution in [1.29, 1.82) is 0 Å². The van der Waals surface area contributed by atoms with Crippen LogP contribution in [0, 0.1) is 13.8 Å². The van der Waals surface area contributed by atoms with E-state index < -0.39 is 11.2 Å². The fraction of sp³-hybridized carbons (Fsp3) is 0.417. The molecule has 8 heteroatoms. The first-order valence-electron chi connectivity index (χ1n) is 6.11. The zero-order valence-electron chi connectivity index (χ0n) is 11.8. The number of rotatable bonds is 3. The third-order valence-corrected chi connectivity index (χ3v) is 3.25. The molecule has 0 saturated carbocycles. The van der Waals surface area contributed by atoms with Crippen LogP contribution in [0.25, 0.3) is 0 Å². The normalized spacial score (nSPS) is 12.4. The molecule has 0 aliphatic carbocycles. The number of nitrogens with two attached hydrogens (primary N) is 1. The largest absolute Gasteiger partial charge is 0.383 e. The van der Waals surface area contributed by atoms with Crippen molar-refractivity contribution in [2.75, 3.05) is 11.1 Å². The summed E-state index contributed by atoms with van der Waals surface area (Å²) < 4.78 is 6.27. The fourth-order valence-corrected chi connectivity index (χ4v) is 2.17. The van der Waals surface area contributed by atoms with Gasteiger partial charge in [-0.15, -0.1) is 0 Å². The highest BCUT2D eigenvalue weighted by Crippen LogP contribution is 2.25. The van der Waals surface area contributed by atoms with Crippen molar-refractivity contribution in [3.8, 4) is 0 Å². The van der Waals surface area contributed by atoms with E-state index in [0.29, 0.717) is 5.76 Å². The molecule has 4 N–H and O–H groups in total. The third-order valence-electron chi connectivity index (χ3n) is 3.25. The van der Waals surface area contributed by atoms with Crippen LogP contribution in [0.1, 0.15) is 30.0 Å². The standard InChI is InChI=1S/C12H17N5O3/c1-5(8-6(2)16-20-7(8)3)14-9-10(13)17(4)12(19)15-11(9)18/h5,14H,13H2,1-4H3,(H,15,18,19). The molecule has 0 bridgehead atoms. The lowest BCUT2D eigenvalue weighted by Gasteiger charge is -2.16. The van der Waals surface area contributed by atoms with Crippen LogP contribution in [-0.2, 0) is 7.05 Å². The van der Waals surface area contributed by atoms with Crippen LogP contribution in [0.4, 0.5) is 11.5 Å². The predicted molar refractivity (Wildman–Crippen MR) is 74.7 cm³/mol. The van der Waals surface area contributed by atoms with E-state index >= 15 is 0 Å². The molecule has 0 aliphatic rings. The molecule has 2 aromatic rings. The highest BCUT2D eigenvalue weighted by Gasteiger charge is 2.19. The van der Waals surface area contributed by atoms with Crippen LogP contribution < -0.4 is 22.3 Å². The number of aromatic amines is 1. The molecule has 2 aromatic heterocycles.